The maximum absolute atomic E-state index is 13.7. The number of carbonyl (C=O) groups excluding carboxylic acids is 4. The van der Waals surface area contributed by atoms with Gasteiger partial charge < -0.3 is 40.3 Å². The van der Waals surface area contributed by atoms with E-state index < -0.39 is 17.7 Å². The van der Waals surface area contributed by atoms with Gasteiger partial charge in [-0.2, -0.15) is 10.2 Å². The number of primary amides is 2. The fourth-order valence-electron chi connectivity index (χ4n) is 7.98. The zero-order valence-electron chi connectivity index (χ0n) is 36.4. The second kappa shape index (κ2) is 19.5. The number of Topliss-reactive ketones (excluding diaryl/α,β-unsaturated/α-hetero) is 1. The van der Waals surface area contributed by atoms with Crippen molar-refractivity contribution in [3.05, 3.63) is 88.3 Å². The number of hydrogen-bond acceptors (Lipinski definition) is 12. The van der Waals surface area contributed by atoms with E-state index in [-0.39, 0.29) is 35.8 Å². The normalized spacial score (nSPS) is 13.3. The summed E-state index contributed by atoms with van der Waals surface area (Å²) >= 11 is 0. The second-order valence-corrected chi connectivity index (χ2v) is 15.4. The molecule has 0 bridgehead atoms. The van der Waals surface area contributed by atoms with Crippen LogP contribution in [0.15, 0.2) is 48.6 Å². The Morgan fingerprint density at radius 3 is 2.02 bits per heavy atom. The van der Waals surface area contributed by atoms with Crippen LogP contribution in [0.4, 0.5) is 5.95 Å². The van der Waals surface area contributed by atoms with Crippen LogP contribution in [0, 0.1) is 13.8 Å². The van der Waals surface area contributed by atoms with Crippen LogP contribution in [0.1, 0.15) is 85.6 Å². The first kappa shape index (κ1) is 44.2. The number of carbonyl (C=O) groups is 4. The Kier molecular flexibility index (Phi) is 13.7. The number of ether oxygens (including phenoxy) is 2. The maximum Gasteiger partial charge on any atom is 0.276 e. The molecule has 6 aromatic rings. The van der Waals surface area contributed by atoms with Gasteiger partial charge in [0, 0.05) is 82.9 Å². The summed E-state index contributed by atoms with van der Waals surface area (Å²) in [7, 11) is 1.48. The van der Waals surface area contributed by atoms with E-state index >= 15 is 0 Å². The number of methoxy groups -OCH3 is 1. The number of piperazine rings is 1. The molecule has 1 saturated heterocycles. The molecular weight excluding hydrogens is 807 g/mol. The van der Waals surface area contributed by atoms with Gasteiger partial charge in [0.05, 0.1) is 36.1 Å². The number of imidazole rings is 2. The fraction of sp³-hybridized carbons (Fsp3) is 0.409. The number of benzene rings is 2. The minimum Gasteiger partial charge on any atom is -0.494 e. The summed E-state index contributed by atoms with van der Waals surface area (Å²) in [4.78, 5) is 64.2. The molecule has 3 amide bonds. The summed E-state index contributed by atoms with van der Waals surface area (Å²) in [6.07, 6.45) is 5.07. The van der Waals surface area contributed by atoms with Gasteiger partial charge in [0.1, 0.15) is 39.7 Å². The van der Waals surface area contributed by atoms with Crippen LogP contribution in [0.2, 0.25) is 0 Å². The predicted molar refractivity (Wildman–Crippen MR) is 237 cm³/mol. The van der Waals surface area contributed by atoms with Crippen LogP contribution in [0.25, 0.3) is 22.1 Å². The lowest BCUT2D eigenvalue weighted by molar-refractivity contribution is 0.0968. The largest absolute Gasteiger partial charge is 0.494 e. The minimum atomic E-state index is -0.653. The van der Waals surface area contributed by atoms with Crippen molar-refractivity contribution in [1.82, 2.24) is 48.9 Å². The van der Waals surface area contributed by atoms with Crippen LogP contribution >= 0.6 is 0 Å². The third-order valence-electron chi connectivity index (χ3n) is 11.0. The summed E-state index contributed by atoms with van der Waals surface area (Å²) < 4.78 is 19.2. The number of allylic oxidation sites excluding steroid dienone is 2. The lowest BCUT2D eigenvalue weighted by Crippen LogP contribution is -2.43. The molecule has 4 aromatic heterocycles. The third kappa shape index (κ3) is 9.79. The number of ketones is 1. The summed E-state index contributed by atoms with van der Waals surface area (Å²) in [5.74, 6) is -0.121. The van der Waals surface area contributed by atoms with E-state index in [1.54, 1.807) is 50.3 Å². The van der Waals surface area contributed by atoms with Crippen molar-refractivity contribution in [3.8, 4) is 11.5 Å². The molecule has 0 spiro atoms. The highest BCUT2D eigenvalue weighted by Crippen LogP contribution is 2.32. The molecule has 5 heterocycles. The van der Waals surface area contributed by atoms with Crippen LogP contribution < -0.4 is 31.6 Å². The van der Waals surface area contributed by atoms with Crippen LogP contribution in [0.3, 0.4) is 0 Å². The average Bonchev–Trinajstić information content (AvgIpc) is 4.04. The Hall–Kier alpha value is -6.86. The lowest BCUT2D eigenvalue weighted by atomic mass is 10.1. The molecule has 0 saturated carbocycles. The first-order valence-corrected chi connectivity index (χ1v) is 21.2. The van der Waals surface area contributed by atoms with Gasteiger partial charge in [-0.15, -0.1) is 0 Å². The van der Waals surface area contributed by atoms with Crippen LogP contribution in [0.5, 0.6) is 11.5 Å². The van der Waals surface area contributed by atoms with E-state index in [4.69, 9.17) is 30.9 Å². The molecule has 7 rings (SSSR count). The molecule has 0 unspecified atom stereocenters. The topological polar surface area (TPSA) is 237 Å². The Morgan fingerprint density at radius 2 is 1.38 bits per heavy atom. The Labute approximate surface area is 364 Å². The summed E-state index contributed by atoms with van der Waals surface area (Å²) in [6, 6.07) is 9.90. The van der Waals surface area contributed by atoms with E-state index in [9.17, 15) is 19.2 Å². The molecule has 1 fully saturated rings. The molecule has 19 heteroatoms. The van der Waals surface area contributed by atoms with Gasteiger partial charge in [-0.1, -0.05) is 12.2 Å². The second-order valence-electron chi connectivity index (χ2n) is 15.4. The number of fused-ring (bicyclic) bond motifs is 2. The van der Waals surface area contributed by atoms with Crippen LogP contribution in [-0.4, -0.2) is 114 Å². The summed E-state index contributed by atoms with van der Waals surface area (Å²) in [5.41, 5.74) is 16.4. The first-order chi connectivity index (χ1) is 30.4. The number of nitrogens with one attached hydrogen (secondary N) is 2. The molecule has 1 aliphatic rings. The van der Waals surface area contributed by atoms with Gasteiger partial charge in [-0.05, 0) is 70.5 Å². The molecule has 0 radical (unpaired) electrons. The first-order valence-electron chi connectivity index (χ1n) is 21.2. The van der Waals surface area contributed by atoms with Gasteiger partial charge in [0.15, 0.2) is 5.78 Å². The number of hydrogen-bond donors (Lipinski definition) is 4. The molecule has 19 nitrogen and oxygen atoms in total. The van der Waals surface area contributed by atoms with Crippen LogP contribution in [-0.2, 0) is 32.6 Å². The fourth-order valence-corrected chi connectivity index (χ4v) is 7.98. The number of amides is 3. The van der Waals surface area contributed by atoms with Crippen molar-refractivity contribution in [2.45, 2.75) is 73.1 Å². The number of aryl methyl sites for hydroxylation is 5. The smallest absolute Gasteiger partial charge is 0.276 e. The summed E-state index contributed by atoms with van der Waals surface area (Å²) in [6.45, 7) is 14.2. The van der Waals surface area contributed by atoms with E-state index in [1.165, 1.54) is 7.11 Å². The Morgan fingerprint density at radius 1 is 0.794 bits per heavy atom. The number of nitrogens with two attached hydrogens (primary N) is 2. The highest BCUT2D eigenvalue weighted by molar-refractivity contribution is 6.04. The zero-order valence-corrected chi connectivity index (χ0v) is 36.4. The van der Waals surface area contributed by atoms with Crippen molar-refractivity contribution < 1.29 is 28.7 Å². The average molecular weight is 862 g/mol. The monoisotopic (exact) mass is 861 g/mol. The number of nitrogens with zero attached hydrogens (tertiary/aromatic N) is 9. The quantitative estimate of drug-likeness (QED) is 0.0489. The number of aromatic nitrogens is 8. The van der Waals surface area contributed by atoms with Crippen molar-refractivity contribution in [2.24, 2.45) is 11.5 Å². The number of anilines is 1. The SMILES string of the molecule is CCn1nc(C)cc1C(=O)CCc1nc2cc(C(N)=O)cc(OCCCN3CCNCC3)c2n1C/C=C/Cn1c(NC(=O)c2cc(C)nn2CC)nc2cc(C(N)=O)cc(OC)c21. The van der Waals surface area contributed by atoms with E-state index in [1.807, 2.05) is 44.4 Å². The predicted octanol–water partition coefficient (Wildman–Crippen LogP) is 3.64. The van der Waals surface area contributed by atoms with E-state index in [0.29, 0.717) is 89.1 Å². The van der Waals surface area contributed by atoms with E-state index in [0.717, 1.165) is 44.8 Å². The Balaban J connectivity index is 1.23. The molecule has 6 N–H and O–H groups in total. The van der Waals surface area contributed by atoms with Crippen molar-refractivity contribution in [1.29, 1.82) is 0 Å². The van der Waals surface area contributed by atoms with Gasteiger partial charge in [-0.3, -0.25) is 33.9 Å². The zero-order chi connectivity index (χ0) is 44.8. The van der Waals surface area contributed by atoms with Crippen molar-refractivity contribution >= 4 is 51.5 Å². The standard InChI is InChI=1S/C44H55N13O6/c1-6-56-33(21-27(3)51-56)35(58)11-12-38-48-31-23-30(42(46)60)26-37(63-20-10-15-53-18-13-47-14-19-53)40(31)54(38)16-8-9-17-55-39-32(24-29(41(45)59)25-36(39)62-5)49-44(55)50-43(61)34-22-28(4)52-57(34)7-2/h8-9,21-26,47H,6-7,10-20H2,1-5H3,(H2,45,59)(H2,46,60)(H,49,50,61)/b9-8+. The van der Waals surface area contributed by atoms with E-state index in [2.05, 4.69) is 25.7 Å². The van der Waals surface area contributed by atoms with Gasteiger partial charge in [0.25, 0.3) is 5.91 Å². The molecular formula is C44H55N13O6. The summed E-state index contributed by atoms with van der Waals surface area (Å²) in [5, 5.41) is 15.2. The Bertz CT molecular complexity index is 2700. The molecule has 0 atom stereocenters. The maximum atomic E-state index is 13.7. The van der Waals surface area contributed by atoms with Gasteiger partial charge in [-0.25, -0.2) is 9.97 Å². The highest BCUT2D eigenvalue weighted by atomic mass is 16.5. The third-order valence-corrected chi connectivity index (χ3v) is 11.0. The molecule has 1 aliphatic heterocycles. The van der Waals surface area contributed by atoms with Gasteiger partial charge in [0.2, 0.25) is 17.8 Å². The van der Waals surface area contributed by atoms with Crippen molar-refractivity contribution in [3.63, 3.8) is 0 Å². The van der Waals surface area contributed by atoms with Gasteiger partial charge >= 0.3 is 0 Å². The molecule has 0 aliphatic carbocycles. The lowest BCUT2D eigenvalue weighted by Gasteiger charge is -2.27. The molecule has 2 aromatic carbocycles. The molecule has 63 heavy (non-hydrogen) atoms. The molecule has 332 valence electrons. The number of rotatable bonds is 20. The van der Waals surface area contributed by atoms with Crippen molar-refractivity contribution in [2.75, 3.05) is 51.8 Å². The minimum absolute atomic E-state index is 0.0686. The highest BCUT2D eigenvalue weighted by Gasteiger charge is 2.23.